The smallest absolute Gasteiger partial charge is 0.329 e. The molecule has 5 nitrogen and oxygen atoms in total. The molecule has 1 aliphatic rings. The van der Waals surface area contributed by atoms with Gasteiger partial charge in [0.15, 0.2) is 0 Å². The molecule has 0 saturated carbocycles. The van der Waals surface area contributed by atoms with Crippen molar-refractivity contribution >= 4 is 31.9 Å². The Labute approximate surface area is 153 Å². The summed E-state index contributed by atoms with van der Waals surface area (Å²) in [5.74, 6) is -0.808. The third kappa shape index (κ3) is 3.91. The maximum Gasteiger partial charge on any atom is 0.329 e. The predicted molar refractivity (Wildman–Crippen MR) is 93.1 cm³/mol. The summed E-state index contributed by atoms with van der Waals surface area (Å²) in [6, 6.07) is 10.4. The van der Waals surface area contributed by atoms with Crippen molar-refractivity contribution in [3.05, 3.63) is 58.8 Å². The third-order valence-electron chi connectivity index (χ3n) is 3.91. The summed E-state index contributed by atoms with van der Waals surface area (Å²) in [4.78, 5) is 12.4. The Morgan fingerprint density at radius 3 is 2.60 bits per heavy atom. The molecule has 1 saturated heterocycles. The zero-order valence-corrected chi connectivity index (χ0v) is 15.5. The number of hydrogen-bond donors (Lipinski definition) is 0. The Kier molecular flexibility index (Phi) is 5.21. The second kappa shape index (κ2) is 7.23. The van der Waals surface area contributed by atoms with Crippen LogP contribution in [0.25, 0.3) is 0 Å². The van der Waals surface area contributed by atoms with E-state index in [0.717, 1.165) is 20.9 Å². The lowest BCUT2D eigenvalue weighted by Gasteiger charge is -2.22. The highest BCUT2D eigenvalue weighted by Crippen LogP contribution is 2.28. The standard InChI is InChI=1S/C17H15BrFNO4S/c18-12-3-1-4-14(11-12)24-17(21)16-5-2-10-20(16)25(22,23)15-8-6-13(19)7-9-15/h1,3-4,6-9,11,16H,2,5,10H2/t16-/m0/s1. The molecule has 1 atom stereocenters. The minimum Gasteiger partial charge on any atom is -0.425 e. The molecule has 0 aromatic heterocycles. The molecular formula is C17H15BrFNO4S. The van der Waals surface area contributed by atoms with Crippen LogP contribution < -0.4 is 4.74 Å². The second-order valence-electron chi connectivity index (χ2n) is 5.61. The van der Waals surface area contributed by atoms with Crippen molar-refractivity contribution in [3.8, 4) is 5.75 Å². The van der Waals surface area contributed by atoms with Gasteiger partial charge in [-0.2, -0.15) is 4.31 Å². The number of carbonyl (C=O) groups excluding carboxylic acids is 1. The van der Waals surface area contributed by atoms with E-state index in [4.69, 9.17) is 4.74 Å². The van der Waals surface area contributed by atoms with Gasteiger partial charge in [-0.15, -0.1) is 0 Å². The summed E-state index contributed by atoms with van der Waals surface area (Å²) < 4.78 is 45.8. The van der Waals surface area contributed by atoms with Gasteiger partial charge in [-0.05, 0) is 55.3 Å². The van der Waals surface area contributed by atoms with Gasteiger partial charge in [-0.3, -0.25) is 0 Å². The summed E-state index contributed by atoms with van der Waals surface area (Å²) >= 11 is 3.29. The maximum absolute atomic E-state index is 13.0. The summed E-state index contributed by atoms with van der Waals surface area (Å²) in [5, 5.41) is 0. The highest BCUT2D eigenvalue weighted by Gasteiger charge is 2.40. The van der Waals surface area contributed by atoms with Crippen molar-refractivity contribution < 1.29 is 22.3 Å². The lowest BCUT2D eigenvalue weighted by atomic mass is 10.2. The number of rotatable bonds is 4. The van der Waals surface area contributed by atoms with Crippen LogP contribution in [0.1, 0.15) is 12.8 Å². The van der Waals surface area contributed by atoms with Crippen LogP contribution in [0.3, 0.4) is 0 Å². The van der Waals surface area contributed by atoms with E-state index in [1.54, 1.807) is 24.3 Å². The second-order valence-corrected chi connectivity index (χ2v) is 8.41. The van der Waals surface area contributed by atoms with Gasteiger partial charge in [0, 0.05) is 11.0 Å². The molecule has 0 spiro atoms. The largest absolute Gasteiger partial charge is 0.425 e. The van der Waals surface area contributed by atoms with Crippen molar-refractivity contribution in [1.29, 1.82) is 0 Å². The first-order valence-corrected chi connectivity index (χ1v) is 9.86. The van der Waals surface area contributed by atoms with Crippen LogP contribution in [0.5, 0.6) is 5.75 Å². The molecule has 0 bridgehead atoms. The van der Waals surface area contributed by atoms with Gasteiger partial charge in [0.1, 0.15) is 17.6 Å². The van der Waals surface area contributed by atoms with Crippen LogP contribution in [-0.4, -0.2) is 31.3 Å². The van der Waals surface area contributed by atoms with Gasteiger partial charge in [0.05, 0.1) is 4.90 Å². The first kappa shape index (κ1) is 18.0. The average molecular weight is 428 g/mol. The SMILES string of the molecule is O=C(Oc1cccc(Br)c1)[C@@H]1CCCN1S(=O)(=O)c1ccc(F)cc1. The Hall–Kier alpha value is -1.77. The van der Waals surface area contributed by atoms with Crippen LogP contribution in [-0.2, 0) is 14.8 Å². The fourth-order valence-corrected chi connectivity index (χ4v) is 4.75. The van der Waals surface area contributed by atoms with Crippen molar-refractivity contribution in [2.24, 2.45) is 0 Å². The summed E-state index contributed by atoms with van der Waals surface area (Å²) in [6.07, 6.45) is 0.936. The first-order valence-electron chi connectivity index (χ1n) is 7.62. The summed E-state index contributed by atoms with van der Waals surface area (Å²) in [7, 11) is -3.89. The molecular weight excluding hydrogens is 413 g/mol. The number of halogens is 2. The molecule has 0 radical (unpaired) electrons. The van der Waals surface area contributed by atoms with Gasteiger partial charge < -0.3 is 4.74 Å². The minimum absolute atomic E-state index is 0.0453. The Balaban J connectivity index is 1.82. The van der Waals surface area contributed by atoms with Crippen LogP contribution in [0, 0.1) is 5.82 Å². The molecule has 1 heterocycles. The lowest BCUT2D eigenvalue weighted by molar-refractivity contribution is -0.137. The monoisotopic (exact) mass is 427 g/mol. The summed E-state index contributed by atoms with van der Waals surface area (Å²) in [5.41, 5.74) is 0. The van der Waals surface area contributed by atoms with E-state index >= 15 is 0 Å². The van der Waals surface area contributed by atoms with E-state index in [2.05, 4.69) is 15.9 Å². The molecule has 2 aromatic rings. The van der Waals surface area contributed by atoms with Gasteiger partial charge in [-0.1, -0.05) is 22.0 Å². The zero-order chi connectivity index (χ0) is 18.0. The van der Waals surface area contributed by atoms with E-state index in [-0.39, 0.29) is 11.4 Å². The molecule has 132 valence electrons. The normalized spacial score (nSPS) is 18.2. The molecule has 25 heavy (non-hydrogen) atoms. The van der Waals surface area contributed by atoms with Crippen LogP contribution >= 0.6 is 15.9 Å². The fraction of sp³-hybridized carbons (Fsp3) is 0.235. The molecule has 0 N–H and O–H groups in total. The predicted octanol–water partition coefficient (Wildman–Crippen LogP) is 3.35. The molecule has 2 aromatic carbocycles. The van der Waals surface area contributed by atoms with E-state index in [0.29, 0.717) is 18.6 Å². The van der Waals surface area contributed by atoms with Crippen molar-refractivity contribution in [2.75, 3.05) is 6.54 Å². The molecule has 0 aliphatic carbocycles. The van der Waals surface area contributed by atoms with Crippen molar-refractivity contribution in [1.82, 2.24) is 4.31 Å². The maximum atomic E-state index is 13.0. The van der Waals surface area contributed by atoms with Crippen molar-refractivity contribution in [3.63, 3.8) is 0 Å². The first-order chi connectivity index (χ1) is 11.9. The highest BCUT2D eigenvalue weighted by atomic mass is 79.9. The third-order valence-corrected chi connectivity index (χ3v) is 6.33. The molecule has 8 heteroatoms. The fourth-order valence-electron chi connectivity index (χ4n) is 2.72. The molecule has 1 fully saturated rings. The Morgan fingerprint density at radius 2 is 1.92 bits per heavy atom. The number of hydrogen-bond acceptors (Lipinski definition) is 4. The van der Waals surface area contributed by atoms with E-state index in [1.807, 2.05) is 0 Å². The van der Waals surface area contributed by atoms with E-state index in [1.165, 1.54) is 12.1 Å². The summed E-state index contributed by atoms with van der Waals surface area (Å²) in [6.45, 7) is 0.220. The Morgan fingerprint density at radius 1 is 1.20 bits per heavy atom. The minimum atomic E-state index is -3.89. The van der Waals surface area contributed by atoms with Gasteiger partial charge in [0.2, 0.25) is 10.0 Å². The lowest BCUT2D eigenvalue weighted by Crippen LogP contribution is -2.42. The number of sulfonamides is 1. The van der Waals surface area contributed by atoms with Crippen LogP contribution in [0.2, 0.25) is 0 Å². The van der Waals surface area contributed by atoms with E-state index in [9.17, 15) is 17.6 Å². The topological polar surface area (TPSA) is 63.7 Å². The Bertz CT molecular complexity index is 886. The van der Waals surface area contributed by atoms with Gasteiger partial charge >= 0.3 is 5.97 Å². The number of nitrogens with zero attached hydrogens (tertiary/aromatic N) is 1. The molecule has 1 aliphatic heterocycles. The molecule has 0 amide bonds. The number of carbonyl (C=O) groups is 1. The molecule has 0 unspecified atom stereocenters. The quantitative estimate of drug-likeness (QED) is 0.554. The van der Waals surface area contributed by atoms with Gasteiger partial charge in [0.25, 0.3) is 0 Å². The average Bonchev–Trinajstić information content (AvgIpc) is 3.06. The molecule has 3 rings (SSSR count). The van der Waals surface area contributed by atoms with Crippen LogP contribution in [0.4, 0.5) is 4.39 Å². The van der Waals surface area contributed by atoms with Crippen molar-refractivity contribution in [2.45, 2.75) is 23.8 Å². The number of esters is 1. The number of ether oxygens (including phenoxy) is 1. The highest BCUT2D eigenvalue weighted by molar-refractivity contribution is 9.10. The zero-order valence-electron chi connectivity index (χ0n) is 13.1. The van der Waals surface area contributed by atoms with E-state index < -0.39 is 27.9 Å². The van der Waals surface area contributed by atoms with Crippen LogP contribution in [0.15, 0.2) is 57.9 Å². The van der Waals surface area contributed by atoms with Gasteiger partial charge in [-0.25, -0.2) is 17.6 Å². The number of benzene rings is 2.